The minimum Gasteiger partial charge on any atom is -0.477 e. The van der Waals surface area contributed by atoms with Gasteiger partial charge in [-0.1, -0.05) is 12.1 Å². The van der Waals surface area contributed by atoms with Gasteiger partial charge in [0, 0.05) is 18.0 Å². The standard InChI is InChI=1S/C13H10FNO3/c14-9-5-11(9)15-6-8(13(17)18)12(16)7-3-1-2-4-10(7)15/h1-4,6,9,11H,5H2,(H,17,18). The Labute approximate surface area is 101 Å². The van der Waals surface area contributed by atoms with Crippen LogP contribution in [0.3, 0.4) is 0 Å². The lowest BCUT2D eigenvalue weighted by Gasteiger charge is -2.10. The van der Waals surface area contributed by atoms with E-state index in [0.717, 1.165) is 0 Å². The maximum atomic E-state index is 13.2. The number of carboxylic acids is 1. The number of rotatable bonds is 2. The van der Waals surface area contributed by atoms with Gasteiger partial charge in [-0.05, 0) is 12.1 Å². The molecular formula is C13H10FNO3. The summed E-state index contributed by atoms with van der Waals surface area (Å²) in [6.45, 7) is 0. The molecule has 1 fully saturated rings. The second-order valence-electron chi connectivity index (χ2n) is 4.42. The first-order chi connectivity index (χ1) is 8.59. The van der Waals surface area contributed by atoms with E-state index in [4.69, 9.17) is 5.11 Å². The van der Waals surface area contributed by atoms with Gasteiger partial charge in [0.25, 0.3) is 0 Å². The summed E-state index contributed by atoms with van der Waals surface area (Å²) in [5, 5.41) is 9.33. The molecule has 1 heterocycles. The second kappa shape index (κ2) is 3.66. The quantitative estimate of drug-likeness (QED) is 0.882. The van der Waals surface area contributed by atoms with E-state index in [2.05, 4.69) is 0 Å². The largest absolute Gasteiger partial charge is 0.477 e. The van der Waals surface area contributed by atoms with Gasteiger partial charge in [0.05, 0.1) is 11.6 Å². The van der Waals surface area contributed by atoms with Crippen molar-refractivity contribution in [3.8, 4) is 0 Å². The number of alkyl halides is 1. The van der Waals surface area contributed by atoms with Crippen LogP contribution in [-0.2, 0) is 0 Å². The number of pyridine rings is 1. The van der Waals surface area contributed by atoms with Gasteiger partial charge in [-0.2, -0.15) is 0 Å². The van der Waals surface area contributed by atoms with E-state index >= 15 is 0 Å². The maximum Gasteiger partial charge on any atom is 0.341 e. The Hall–Kier alpha value is -2.17. The lowest BCUT2D eigenvalue weighted by molar-refractivity contribution is 0.0694. The highest BCUT2D eigenvalue weighted by molar-refractivity contribution is 5.92. The zero-order valence-electron chi connectivity index (χ0n) is 9.34. The summed E-state index contributed by atoms with van der Waals surface area (Å²) < 4.78 is 14.7. The topological polar surface area (TPSA) is 59.3 Å². The predicted molar refractivity (Wildman–Crippen MR) is 63.7 cm³/mol. The number of para-hydroxylation sites is 1. The van der Waals surface area contributed by atoms with Gasteiger partial charge in [0.1, 0.15) is 11.7 Å². The van der Waals surface area contributed by atoms with E-state index in [0.29, 0.717) is 17.3 Å². The Morgan fingerprint density at radius 2 is 2.06 bits per heavy atom. The first-order valence-electron chi connectivity index (χ1n) is 5.61. The molecule has 5 heteroatoms. The molecule has 1 aliphatic carbocycles. The van der Waals surface area contributed by atoms with Crippen LogP contribution < -0.4 is 5.43 Å². The predicted octanol–water partition coefficient (Wildman–Crippen LogP) is 1.98. The monoisotopic (exact) mass is 247 g/mol. The van der Waals surface area contributed by atoms with Gasteiger partial charge in [0.15, 0.2) is 0 Å². The minimum atomic E-state index is -1.28. The molecule has 4 nitrogen and oxygen atoms in total. The number of aromatic nitrogens is 1. The molecule has 0 amide bonds. The molecule has 2 unspecified atom stereocenters. The smallest absolute Gasteiger partial charge is 0.341 e. The number of carbonyl (C=O) groups is 1. The fraction of sp³-hybridized carbons (Fsp3) is 0.231. The number of halogens is 1. The van der Waals surface area contributed by atoms with Crippen LogP contribution in [0.25, 0.3) is 10.9 Å². The Balaban J connectivity index is 2.37. The molecule has 0 bridgehead atoms. The van der Waals surface area contributed by atoms with E-state index in [1.54, 1.807) is 28.8 Å². The molecule has 92 valence electrons. The van der Waals surface area contributed by atoms with Crippen molar-refractivity contribution < 1.29 is 14.3 Å². The van der Waals surface area contributed by atoms with Crippen LogP contribution in [0.5, 0.6) is 0 Å². The summed E-state index contributed by atoms with van der Waals surface area (Å²) in [6, 6.07) is 6.32. The van der Waals surface area contributed by atoms with E-state index in [1.807, 2.05) is 0 Å². The van der Waals surface area contributed by atoms with Crippen LogP contribution in [0.15, 0.2) is 35.3 Å². The Kier molecular flexibility index (Phi) is 2.23. The second-order valence-corrected chi connectivity index (χ2v) is 4.42. The first kappa shape index (κ1) is 11.0. The average Bonchev–Trinajstić information content (AvgIpc) is 3.06. The van der Waals surface area contributed by atoms with Crippen molar-refractivity contribution in [1.29, 1.82) is 0 Å². The van der Waals surface area contributed by atoms with Crippen LogP contribution in [0.2, 0.25) is 0 Å². The summed E-state index contributed by atoms with van der Waals surface area (Å²) in [5.74, 6) is -1.28. The molecule has 0 saturated heterocycles. The first-order valence-corrected chi connectivity index (χ1v) is 5.61. The molecule has 1 aliphatic rings. The molecule has 18 heavy (non-hydrogen) atoms. The Morgan fingerprint density at radius 1 is 1.39 bits per heavy atom. The van der Waals surface area contributed by atoms with E-state index in [9.17, 15) is 14.0 Å². The van der Waals surface area contributed by atoms with E-state index in [-0.39, 0.29) is 11.6 Å². The number of benzene rings is 1. The third-order valence-electron chi connectivity index (χ3n) is 3.21. The van der Waals surface area contributed by atoms with Gasteiger partial charge >= 0.3 is 5.97 Å². The lowest BCUT2D eigenvalue weighted by atomic mass is 10.1. The molecule has 0 aliphatic heterocycles. The third kappa shape index (κ3) is 1.51. The summed E-state index contributed by atoms with van der Waals surface area (Å²) in [4.78, 5) is 23.0. The van der Waals surface area contributed by atoms with Crippen molar-refractivity contribution in [2.24, 2.45) is 0 Å². The number of fused-ring (bicyclic) bond motifs is 1. The number of aromatic carboxylic acids is 1. The van der Waals surface area contributed by atoms with Crippen molar-refractivity contribution >= 4 is 16.9 Å². The maximum absolute atomic E-state index is 13.2. The molecule has 1 N–H and O–H groups in total. The summed E-state index contributed by atoms with van der Waals surface area (Å²) in [6.07, 6.45) is 0.654. The lowest BCUT2D eigenvalue weighted by Crippen LogP contribution is -2.18. The molecule has 2 aromatic rings. The number of hydrogen-bond acceptors (Lipinski definition) is 2. The highest BCUT2D eigenvalue weighted by atomic mass is 19.1. The van der Waals surface area contributed by atoms with Crippen LogP contribution in [0.1, 0.15) is 22.8 Å². The Morgan fingerprint density at radius 3 is 2.67 bits per heavy atom. The average molecular weight is 247 g/mol. The zero-order valence-corrected chi connectivity index (χ0v) is 9.34. The van der Waals surface area contributed by atoms with Gasteiger partial charge in [0.2, 0.25) is 5.43 Å². The zero-order chi connectivity index (χ0) is 12.9. The normalized spacial score (nSPS) is 22.1. The van der Waals surface area contributed by atoms with E-state index < -0.39 is 17.6 Å². The van der Waals surface area contributed by atoms with Crippen molar-refractivity contribution in [1.82, 2.24) is 4.57 Å². The van der Waals surface area contributed by atoms with E-state index in [1.165, 1.54) is 6.20 Å². The molecule has 0 spiro atoms. The van der Waals surface area contributed by atoms with Crippen LogP contribution in [0.4, 0.5) is 4.39 Å². The molecule has 0 radical (unpaired) electrons. The fourth-order valence-corrected chi connectivity index (χ4v) is 2.17. The highest BCUT2D eigenvalue weighted by Gasteiger charge is 2.39. The molecule has 1 aromatic carbocycles. The third-order valence-corrected chi connectivity index (χ3v) is 3.21. The Bertz CT molecular complexity index is 707. The molecular weight excluding hydrogens is 237 g/mol. The molecule has 2 atom stereocenters. The van der Waals surface area contributed by atoms with Crippen LogP contribution in [0, 0.1) is 0 Å². The molecule has 3 rings (SSSR count). The summed E-state index contributed by atoms with van der Waals surface area (Å²) in [7, 11) is 0. The number of hydrogen-bond donors (Lipinski definition) is 1. The SMILES string of the molecule is O=C(O)c1cn(C2CC2F)c2ccccc2c1=O. The highest BCUT2D eigenvalue weighted by Crippen LogP contribution is 2.40. The minimum absolute atomic E-state index is 0.312. The van der Waals surface area contributed by atoms with Gasteiger partial charge in [-0.15, -0.1) is 0 Å². The van der Waals surface area contributed by atoms with Gasteiger partial charge in [-0.25, -0.2) is 9.18 Å². The number of carboxylic acid groups (broad SMARTS) is 1. The van der Waals surface area contributed by atoms with Crippen molar-refractivity contribution in [2.75, 3.05) is 0 Å². The van der Waals surface area contributed by atoms with Gasteiger partial charge in [-0.3, -0.25) is 4.79 Å². The summed E-state index contributed by atoms with van der Waals surface area (Å²) in [5.41, 5.74) is -0.254. The summed E-state index contributed by atoms with van der Waals surface area (Å²) >= 11 is 0. The van der Waals surface area contributed by atoms with Crippen molar-refractivity contribution in [2.45, 2.75) is 18.6 Å². The van der Waals surface area contributed by atoms with Crippen LogP contribution in [-0.4, -0.2) is 21.8 Å². The fourth-order valence-electron chi connectivity index (χ4n) is 2.17. The van der Waals surface area contributed by atoms with Crippen molar-refractivity contribution in [3.63, 3.8) is 0 Å². The molecule has 1 aromatic heterocycles. The van der Waals surface area contributed by atoms with Gasteiger partial charge < -0.3 is 9.67 Å². The van der Waals surface area contributed by atoms with Crippen molar-refractivity contribution in [3.05, 3.63) is 46.2 Å². The molecule has 1 saturated carbocycles. The number of nitrogens with zero attached hydrogens (tertiary/aromatic N) is 1. The van der Waals surface area contributed by atoms with Crippen LogP contribution >= 0.6 is 0 Å².